The molecule has 1 heterocycles. The maximum atomic E-state index is 12.6. The molecule has 2 rings (SSSR count). The minimum atomic E-state index is -3.81. The lowest BCUT2D eigenvalue weighted by Gasteiger charge is -2.23. The Hall–Kier alpha value is -1.22. The van der Waals surface area contributed by atoms with E-state index in [-0.39, 0.29) is 27.2 Å². The number of sulfonamides is 1. The van der Waals surface area contributed by atoms with Gasteiger partial charge in [0.05, 0.1) is 14.8 Å². The molecular weight excluding hydrogens is 318 g/mol. The molecule has 0 amide bonds. The molecule has 1 aromatic rings. The lowest BCUT2D eigenvalue weighted by atomic mass is 10.2. The third-order valence-electron chi connectivity index (χ3n) is 3.71. The molecule has 0 bridgehead atoms. The van der Waals surface area contributed by atoms with Gasteiger partial charge in [0.1, 0.15) is 0 Å². The molecule has 0 radical (unpaired) electrons. The highest BCUT2D eigenvalue weighted by Crippen LogP contribution is 2.31. The molecule has 1 aliphatic heterocycles. The van der Waals surface area contributed by atoms with Gasteiger partial charge in [0.15, 0.2) is 0 Å². The van der Waals surface area contributed by atoms with Crippen molar-refractivity contribution in [2.45, 2.75) is 24.3 Å². The number of rotatable bonds is 4. The Morgan fingerprint density at radius 3 is 2.67 bits per heavy atom. The number of nitro groups is 1. The van der Waals surface area contributed by atoms with Gasteiger partial charge in [-0.05, 0) is 26.0 Å². The first-order chi connectivity index (χ1) is 9.75. The van der Waals surface area contributed by atoms with Crippen LogP contribution in [0.25, 0.3) is 0 Å². The average molecular weight is 334 g/mol. The first-order valence-electron chi connectivity index (χ1n) is 6.38. The van der Waals surface area contributed by atoms with E-state index in [9.17, 15) is 18.5 Å². The maximum absolute atomic E-state index is 12.6. The van der Waals surface area contributed by atoms with E-state index in [2.05, 4.69) is 5.32 Å². The van der Waals surface area contributed by atoms with Crippen LogP contribution in [0.15, 0.2) is 17.0 Å². The summed E-state index contributed by atoms with van der Waals surface area (Å²) in [7, 11) is -2.33. The Morgan fingerprint density at radius 2 is 2.14 bits per heavy atom. The van der Waals surface area contributed by atoms with E-state index < -0.39 is 14.9 Å². The van der Waals surface area contributed by atoms with E-state index in [4.69, 9.17) is 11.6 Å². The highest BCUT2D eigenvalue weighted by molar-refractivity contribution is 7.89. The summed E-state index contributed by atoms with van der Waals surface area (Å²) >= 11 is 5.93. The third-order valence-corrected chi connectivity index (χ3v) is 5.99. The normalized spacial score (nSPS) is 19.1. The molecule has 0 aliphatic carbocycles. The lowest BCUT2D eigenvalue weighted by Crippen LogP contribution is -2.38. The van der Waals surface area contributed by atoms with Gasteiger partial charge < -0.3 is 5.32 Å². The molecular formula is C12H16ClN3O4S. The Kier molecular flexibility index (Phi) is 4.52. The highest BCUT2D eigenvalue weighted by atomic mass is 35.5. The van der Waals surface area contributed by atoms with Crippen molar-refractivity contribution in [1.29, 1.82) is 0 Å². The molecule has 9 heteroatoms. The fraction of sp³-hybridized carbons (Fsp3) is 0.500. The van der Waals surface area contributed by atoms with Crippen LogP contribution in [0.4, 0.5) is 5.69 Å². The van der Waals surface area contributed by atoms with Gasteiger partial charge in [-0.1, -0.05) is 11.6 Å². The van der Waals surface area contributed by atoms with Crippen LogP contribution in [0, 0.1) is 17.0 Å². The van der Waals surface area contributed by atoms with E-state index in [0.29, 0.717) is 13.0 Å². The second-order valence-electron chi connectivity index (χ2n) is 4.97. The van der Waals surface area contributed by atoms with Crippen molar-refractivity contribution in [3.05, 3.63) is 32.8 Å². The van der Waals surface area contributed by atoms with E-state index >= 15 is 0 Å². The van der Waals surface area contributed by atoms with E-state index in [1.807, 2.05) is 0 Å². The lowest BCUT2D eigenvalue weighted by molar-refractivity contribution is -0.385. The van der Waals surface area contributed by atoms with Crippen LogP contribution in [0.5, 0.6) is 0 Å². The first kappa shape index (κ1) is 16.2. The molecule has 0 aromatic heterocycles. The van der Waals surface area contributed by atoms with Crippen molar-refractivity contribution in [1.82, 2.24) is 9.62 Å². The number of nitro benzene ring substituents is 1. The average Bonchev–Trinajstić information content (AvgIpc) is 2.94. The van der Waals surface area contributed by atoms with Gasteiger partial charge in [0.2, 0.25) is 10.0 Å². The van der Waals surface area contributed by atoms with Crippen molar-refractivity contribution < 1.29 is 13.3 Å². The molecule has 1 aliphatic rings. The zero-order valence-corrected chi connectivity index (χ0v) is 13.2. The second-order valence-corrected chi connectivity index (χ2v) is 7.38. The number of likely N-dealkylation sites (N-methyl/N-ethyl adjacent to an activating group) is 1. The van der Waals surface area contributed by atoms with Crippen LogP contribution < -0.4 is 5.32 Å². The zero-order chi connectivity index (χ0) is 15.8. The molecule has 7 nitrogen and oxygen atoms in total. The minimum Gasteiger partial charge on any atom is -0.315 e. The first-order valence-corrected chi connectivity index (χ1v) is 8.20. The third kappa shape index (κ3) is 3.03. The summed E-state index contributed by atoms with van der Waals surface area (Å²) < 4.78 is 26.4. The molecule has 1 N–H and O–H groups in total. The van der Waals surface area contributed by atoms with Crippen molar-refractivity contribution in [3.63, 3.8) is 0 Å². The number of nitrogens with zero attached hydrogens (tertiary/aromatic N) is 2. The molecule has 21 heavy (non-hydrogen) atoms. The largest absolute Gasteiger partial charge is 0.315 e. The number of hydrogen-bond acceptors (Lipinski definition) is 5. The molecule has 1 fully saturated rings. The predicted octanol–water partition coefficient (Wildman–Crippen LogP) is 1.54. The van der Waals surface area contributed by atoms with Crippen LogP contribution in [0.3, 0.4) is 0 Å². The van der Waals surface area contributed by atoms with E-state index in [1.54, 1.807) is 0 Å². The summed E-state index contributed by atoms with van der Waals surface area (Å²) in [5.41, 5.74) is -0.0372. The van der Waals surface area contributed by atoms with Gasteiger partial charge >= 0.3 is 0 Å². The summed E-state index contributed by atoms with van der Waals surface area (Å²) in [5, 5.41) is 14.2. The fourth-order valence-corrected chi connectivity index (χ4v) is 4.00. The maximum Gasteiger partial charge on any atom is 0.275 e. The van der Waals surface area contributed by atoms with Crippen LogP contribution in [0.2, 0.25) is 5.02 Å². The van der Waals surface area contributed by atoms with E-state index in [0.717, 1.165) is 12.6 Å². The van der Waals surface area contributed by atoms with Gasteiger partial charge in [-0.3, -0.25) is 10.1 Å². The summed E-state index contributed by atoms with van der Waals surface area (Å²) in [4.78, 5) is 10.2. The molecule has 1 atom stereocenters. The topological polar surface area (TPSA) is 92.6 Å². The fourth-order valence-electron chi connectivity index (χ4n) is 2.29. The quantitative estimate of drug-likeness (QED) is 0.666. The Labute approximate surface area is 128 Å². The van der Waals surface area contributed by atoms with Crippen molar-refractivity contribution in [3.8, 4) is 0 Å². The SMILES string of the molecule is Cc1c(Cl)cc(S(=O)(=O)N(C)C2CCNC2)cc1[N+](=O)[O-]. The number of halogens is 1. The molecule has 1 saturated heterocycles. The van der Waals surface area contributed by atoms with Crippen molar-refractivity contribution in [2.24, 2.45) is 0 Å². The molecule has 0 spiro atoms. The van der Waals surface area contributed by atoms with Crippen LogP contribution in [0.1, 0.15) is 12.0 Å². The Balaban J connectivity index is 2.47. The van der Waals surface area contributed by atoms with Gasteiger partial charge in [-0.15, -0.1) is 0 Å². The molecule has 116 valence electrons. The van der Waals surface area contributed by atoms with Gasteiger partial charge in [-0.25, -0.2) is 8.42 Å². The Bertz CT molecular complexity index is 671. The van der Waals surface area contributed by atoms with Crippen LogP contribution >= 0.6 is 11.6 Å². The van der Waals surface area contributed by atoms with Gasteiger partial charge in [0.25, 0.3) is 5.69 Å². The molecule has 1 aromatic carbocycles. The smallest absolute Gasteiger partial charge is 0.275 e. The standard InChI is InChI=1S/C12H16ClN3O4S/c1-8-11(13)5-10(6-12(8)16(17)18)21(19,20)15(2)9-3-4-14-7-9/h5-6,9,14H,3-4,7H2,1-2H3. The molecule has 1 unspecified atom stereocenters. The second kappa shape index (κ2) is 5.88. The number of hydrogen-bond donors (Lipinski definition) is 1. The van der Waals surface area contributed by atoms with Crippen LogP contribution in [-0.2, 0) is 10.0 Å². The van der Waals surface area contributed by atoms with E-state index in [1.165, 1.54) is 24.3 Å². The Morgan fingerprint density at radius 1 is 1.48 bits per heavy atom. The molecule has 0 saturated carbocycles. The number of nitrogens with one attached hydrogen (secondary N) is 1. The van der Waals surface area contributed by atoms with Crippen LogP contribution in [-0.4, -0.2) is 43.8 Å². The van der Waals surface area contributed by atoms with Gasteiger partial charge in [-0.2, -0.15) is 4.31 Å². The summed E-state index contributed by atoms with van der Waals surface area (Å²) in [6, 6.07) is 2.17. The van der Waals surface area contributed by atoms with Gasteiger partial charge in [0, 0.05) is 31.3 Å². The minimum absolute atomic E-state index is 0.0701. The zero-order valence-electron chi connectivity index (χ0n) is 11.7. The summed E-state index contributed by atoms with van der Waals surface area (Å²) in [6.45, 7) is 2.80. The highest BCUT2D eigenvalue weighted by Gasteiger charge is 2.31. The summed E-state index contributed by atoms with van der Waals surface area (Å²) in [6.07, 6.45) is 0.706. The predicted molar refractivity (Wildman–Crippen MR) is 79.1 cm³/mol. The van der Waals surface area contributed by atoms with Crippen molar-refractivity contribution >= 4 is 27.3 Å². The monoisotopic (exact) mass is 333 g/mol. The van der Waals surface area contributed by atoms with Crippen molar-refractivity contribution in [2.75, 3.05) is 20.1 Å². The summed E-state index contributed by atoms with van der Waals surface area (Å²) in [5.74, 6) is 0. The number of benzene rings is 1.